The highest BCUT2D eigenvalue weighted by Gasteiger charge is 2.39. The van der Waals surface area contributed by atoms with Gasteiger partial charge >= 0.3 is 0 Å². The number of aryl methyl sites for hydroxylation is 2. The molecule has 264 valence electrons. The Hall–Kier alpha value is -5.81. The van der Waals surface area contributed by atoms with Crippen molar-refractivity contribution in [3.8, 4) is 5.75 Å². The predicted octanol–water partition coefficient (Wildman–Crippen LogP) is 2.45. The largest absolute Gasteiger partial charge is 0.484 e. The number of benzene rings is 1. The van der Waals surface area contributed by atoms with Gasteiger partial charge in [0, 0.05) is 38.4 Å². The van der Waals surface area contributed by atoms with Crippen LogP contribution in [0.1, 0.15) is 71.5 Å². The number of amides is 3. The van der Waals surface area contributed by atoms with E-state index < -0.39 is 28.9 Å². The van der Waals surface area contributed by atoms with Crippen molar-refractivity contribution in [2.75, 3.05) is 17.7 Å². The van der Waals surface area contributed by atoms with E-state index in [0.29, 0.717) is 58.4 Å². The summed E-state index contributed by atoms with van der Waals surface area (Å²) in [6.45, 7) is 12.4. The first-order valence-corrected chi connectivity index (χ1v) is 16.0. The average Bonchev–Trinajstić information content (AvgIpc) is 3.74. The van der Waals surface area contributed by atoms with E-state index in [1.165, 1.54) is 12.3 Å². The quantitative estimate of drug-likeness (QED) is 0.0563. The van der Waals surface area contributed by atoms with Crippen LogP contribution in [0, 0.1) is 6.92 Å². The van der Waals surface area contributed by atoms with Crippen molar-refractivity contribution in [1.82, 2.24) is 39.3 Å². The molecule has 17 nitrogen and oxygen atoms in total. The fourth-order valence-electron chi connectivity index (χ4n) is 5.30. The lowest BCUT2D eigenvalue weighted by atomic mass is 9.86. The predicted molar refractivity (Wildman–Crippen MR) is 190 cm³/mol. The molecule has 0 atom stereocenters. The Labute approximate surface area is 288 Å². The Balaban J connectivity index is 1.51. The number of nitrogens with two attached hydrogens (primary N) is 3. The summed E-state index contributed by atoms with van der Waals surface area (Å²) < 4.78 is 11.8. The maximum absolute atomic E-state index is 13.4. The molecule has 0 aliphatic heterocycles. The van der Waals surface area contributed by atoms with Crippen LogP contribution in [0.3, 0.4) is 0 Å². The third-order valence-electron chi connectivity index (χ3n) is 8.82. The molecule has 0 unspecified atom stereocenters. The molecule has 1 aromatic carbocycles. The van der Waals surface area contributed by atoms with Crippen LogP contribution in [0.4, 0.5) is 11.9 Å². The monoisotopic (exact) mass is 685 g/mol. The van der Waals surface area contributed by atoms with Crippen LogP contribution in [0.5, 0.6) is 5.75 Å². The third-order valence-corrected chi connectivity index (χ3v) is 8.82. The molecule has 0 aliphatic rings. The lowest BCUT2D eigenvalue weighted by Gasteiger charge is -2.41. The molecule has 0 fully saturated rings. The number of allylic oxidation sites excluding steroid dienone is 2. The summed E-state index contributed by atoms with van der Waals surface area (Å²) in [7, 11) is 1.74. The minimum absolute atomic E-state index is 0.188. The Morgan fingerprint density at radius 1 is 0.920 bits per heavy atom. The number of hydrogen-bond acceptors (Lipinski definition) is 11. The van der Waals surface area contributed by atoms with Crippen molar-refractivity contribution in [3.63, 3.8) is 0 Å². The van der Waals surface area contributed by atoms with Crippen molar-refractivity contribution < 1.29 is 19.1 Å². The average molecular weight is 686 g/mol. The number of ether oxygens (including phenoxy) is 1. The number of hydrogen-bond donors (Lipinski definition) is 6. The molecular weight excluding hydrogens is 642 g/mol. The van der Waals surface area contributed by atoms with Gasteiger partial charge in [-0.15, -0.1) is 0 Å². The van der Waals surface area contributed by atoms with Crippen LogP contribution in [-0.4, -0.2) is 69.8 Å². The maximum atomic E-state index is 13.4. The van der Waals surface area contributed by atoms with Crippen molar-refractivity contribution in [1.29, 1.82) is 0 Å². The number of carbonyl (C=O) groups is 3. The highest BCUT2D eigenvalue weighted by molar-refractivity contribution is 6.03. The number of rotatable bonds is 14. The zero-order valence-corrected chi connectivity index (χ0v) is 29.2. The van der Waals surface area contributed by atoms with Gasteiger partial charge in [-0.3, -0.25) is 40.2 Å². The summed E-state index contributed by atoms with van der Waals surface area (Å²) in [5.41, 5.74) is 15.9. The maximum Gasteiger partial charge on any atom is 0.276 e. The molecule has 5 rings (SSSR count). The lowest BCUT2D eigenvalue weighted by molar-refractivity contribution is 0.0212. The second-order valence-electron chi connectivity index (χ2n) is 12.8. The third kappa shape index (κ3) is 6.72. The van der Waals surface area contributed by atoms with E-state index in [4.69, 9.17) is 27.0 Å². The molecule has 17 heteroatoms. The number of carbonyl (C=O) groups excluding carboxylic acids is 3. The molecule has 4 heterocycles. The Bertz CT molecular complexity index is 2140. The summed E-state index contributed by atoms with van der Waals surface area (Å²) in [6, 6.07) is 6.45. The summed E-state index contributed by atoms with van der Waals surface area (Å²) in [5, 5.41) is 10.4. The number of nitrogens with one attached hydrogen (secondary N) is 3. The minimum Gasteiger partial charge on any atom is -0.484 e. The summed E-state index contributed by atoms with van der Waals surface area (Å²) in [5.74, 6) is 5.33. The second-order valence-corrected chi connectivity index (χ2v) is 12.8. The second kappa shape index (κ2) is 13.6. The Kier molecular flexibility index (Phi) is 9.65. The van der Waals surface area contributed by atoms with E-state index in [0.717, 1.165) is 0 Å². The molecule has 0 radical (unpaired) electrons. The van der Waals surface area contributed by atoms with E-state index >= 15 is 0 Å². The summed E-state index contributed by atoms with van der Waals surface area (Å²) in [6.07, 6.45) is 5.17. The van der Waals surface area contributed by atoms with E-state index in [1.807, 2.05) is 58.3 Å². The van der Waals surface area contributed by atoms with Gasteiger partial charge in [-0.1, -0.05) is 12.2 Å². The minimum atomic E-state index is -0.839. The molecule has 50 heavy (non-hydrogen) atoms. The normalized spacial score (nSPS) is 12.2. The molecule has 9 N–H and O–H groups in total. The topological polar surface area (TPSA) is 241 Å². The first kappa shape index (κ1) is 35.5. The molecule has 0 aliphatic carbocycles. The van der Waals surface area contributed by atoms with Crippen LogP contribution in [-0.2, 0) is 19.6 Å². The number of aromatic nitrogens is 7. The van der Waals surface area contributed by atoms with E-state index in [1.54, 1.807) is 34.5 Å². The highest BCUT2D eigenvalue weighted by atomic mass is 16.5. The van der Waals surface area contributed by atoms with Gasteiger partial charge in [-0.25, -0.2) is 15.0 Å². The van der Waals surface area contributed by atoms with Crippen LogP contribution >= 0.6 is 0 Å². The van der Waals surface area contributed by atoms with Gasteiger partial charge in [0.25, 0.3) is 5.91 Å². The van der Waals surface area contributed by atoms with Crippen molar-refractivity contribution in [2.24, 2.45) is 17.3 Å². The van der Waals surface area contributed by atoms with Crippen molar-refractivity contribution in [3.05, 3.63) is 65.1 Å². The Morgan fingerprint density at radius 2 is 1.56 bits per heavy atom. The van der Waals surface area contributed by atoms with Crippen molar-refractivity contribution >= 4 is 51.8 Å². The molecular formula is C33H43N13O4. The standard InChI is InChI=1S/C33H43N13O4/c1-8-46-23(13-18(2)42-46)29(49)41-31-40-22-15-20(27(35)48)17-38-28(22)45(31)12-10-9-11-44-25-21(39-30(44)37-7)14-19(26(34)47)16-24(25)50-33(5,6)32(3,4)43-36/h9-10,13-17,43H,8,11-12,36H2,1-7H3,(H2,34,47)(H2,35,48)(H,37,39)(H,40,41,49)/b10-9+. The number of hydrazine groups is 1. The van der Waals surface area contributed by atoms with Crippen LogP contribution in [0.15, 0.2) is 42.6 Å². The molecule has 5 aromatic rings. The van der Waals surface area contributed by atoms with Crippen LogP contribution in [0.25, 0.3) is 22.2 Å². The number of fused-ring (bicyclic) bond motifs is 2. The Morgan fingerprint density at radius 3 is 2.18 bits per heavy atom. The molecule has 0 saturated carbocycles. The van der Waals surface area contributed by atoms with E-state index in [9.17, 15) is 14.4 Å². The number of pyridine rings is 1. The van der Waals surface area contributed by atoms with Gasteiger partial charge in [0.2, 0.25) is 23.7 Å². The first-order chi connectivity index (χ1) is 23.6. The molecule has 3 amide bonds. The molecule has 0 spiro atoms. The SMILES string of the molecule is CCn1nc(C)cc1C(=O)Nc1nc2cc(C(N)=O)cnc2n1C/C=C/Cn1c(NC)nc2cc(C(N)=O)cc(OC(C)(C)C(C)(C)NN)c21. The first-order valence-electron chi connectivity index (χ1n) is 16.0. The fourth-order valence-corrected chi connectivity index (χ4v) is 5.30. The van der Waals surface area contributed by atoms with Crippen LogP contribution in [0.2, 0.25) is 0 Å². The highest BCUT2D eigenvalue weighted by Crippen LogP contribution is 2.35. The summed E-state index contributed by atoms with van der Waals surface area (Å²) >= 11 is 0. The number of anilines is 2. The smallest absolute Gasteiger partial charge is 0.276 e. The van der Waals surface area contributed by atoms with Gasteiger partial charge < -0.3 is 26.1 Å². The number of nitrogens with zero attached hydrogens (tertiary/aromatic N) is 7. The number of imidazole rings is 2. The van der Waals surface area contributed by atoms with Gasteiger partial charge in [-0.05, 0) is 65.8 Å². The van der Waals surface area contributed by atoms with Crippen LogP contribution < -0.4 is 38.1 Å². The van der Waals surface area contributed by atoms with Gasteiger partial charge in [0.05, 0.1) is 22.3 Å². The zero-order valence-electron chi connectivity index (χ0n) is 29.2. The molecule has 4 aromatic heterocycles. The zero-order chi connectivity index (χ0) is 36.5. The summed E-state index contributed by atoms with van der Waals surface area (Å²) in [4.78, 5) is 51.2. The fraction of sp³-hybridized carbons (Fsp3) is 0.364. The van der Waals surface area contributed by atoms with Gasteiger partial charge in [0.15, 0.2) is 5.65 Å². The van der Waals surface area contributed by atoms with E-state index in [-0.39, 0.29) is 23.6 Å². The van der Waals surface area contributed by atoms with Gasteiger partial charge in [0.1, 0.15) is 28.1 Å². The lowest BCUT2D eigenvalue weighted by Crippen LogP contribution is -2.61. The molecule has 0 saturated heterocycles. The number of primary amides is 2. The van der Waals surface area contributed by atoms with Gasteiger partial charge in [-0.2, -0.15) is 5.10 Å². The van der Waals surface area contributed by atoms with E-state index in [2.05, 4.69) is 31.1 Å². The molecule has 0 bridgehead atoms. The van der Waals surface area contributed by atoms with Crippen molar-refractivity contribution in [2.45, 2.75) is 72.3 Å².